The van der Waals surface area contributed by atoms with Crippen LogP contribution in [0.25, 0.3) is 6.08 Å². The molecule has 0 amide bonds. The van der Waals surface area contributed by atoms with Gasteiger partial charge in [0.25, 0.3) is 0 Å². The Morgan fingerprint density at radius 1 is 1.14 bits per heavy atom. The van der Waals surface area contributed by atoms with E-state index in [1.807, 2.05) is 24.3 Å². The number of hydrogen-bond acceptors (Lipinski definition) is 1. The van der Waals surface area contributed by atoms with E-state index in [0.717, 1.165) is 23.8 Å². The first-order valence-electron chi connectivity index (χ1n) is 4.55. The highest BCUT2D eigenvalue weighted by Crippen LogP contribution is 2.13. The van der Waals surface area contributed by atoms with Crippen LogP contribution in [-0.4, -0.2) is 13.2 Å². The second kappa shape index (κ2) is 4.45. The molecule has 2 heteroatoms. The van der Waals surface area contributed by atoms with Crippen molar-refractivity contribution in [2.45, 2.75) is 0 Å². The van der Waals surface area contributed by atoms with Gasteiger partial charge in [-0.2, -0.15) is 0 Å². The van der Waals surface area contributed by atoms with Crippen molar-refractivity contribution in [3.05, 3.63) is 52.6 Å². The first-order chi connectivity index (χ1) is 6.84. The van der Waals surface area contributed by atoms with Gasteiger partial charge in [-0.15, -0.1) is 0 Å². The maximum Gasteiger partial charge on any atom is 0.0718 e. The van der Waals surface area contributed by atoms with Gasteiger partial charge in [0.15, 0.2) is 0 Å². The third-order valence-corrected chi connectivity index (χ3v) is 2.34. The number of ether oxygens (including phenoxy) is 1. The SMILES string of the molecule is Clc1ccc(C=CC2=CCOC2)cc1. The van der Waals surface area contributed by atoms with Crippen LogP contribution in [0, 0.1) is 0 Å². The molecule has 1 aromatic carbocycles. The Kier molecular flexibility index (Phi) is 3.02. The van der Waals surface area contributed by atoms with Crippen LogP contribution in [0.3, 0.4) is 0 Å². The lowest BCUT2D eigenvalue weighted by Gasteiger charge is -1.94. The lowest BCUT2D eigenvalue weighted by molar-refractivity contribution is 0.210. The van der Waals surface area contributed by atoms with Gasteiger partial charge in [-0.1, -0.05) is 42.0 Å². The molecule has 0 bridgehead atoms. The fraction of sp³-hybridized carbons (Fsp3) is 0.167. The minimum Gasteiger partial charge on any atom is -0.373 e. The van der Waals surface area contributed by atoms with E-state index in [1.165, 1.54) is 5.57 Å². The highest BCUT2D eigenvalue weighted by Gasteiger charge is 1.99. The smallest absolute Gasteiger partial charge is 0.0718 e. The Morgan fingerprint density at radius 2 is 1.93 bits per heavy atom. The molecule has 14 heavy (non-hydrogen) atoms. The summed E-state index contributed by atoms with van der Waals surface area (Å²) in [5, 5.41) is 0.769. The summed E-state index contributed by atoms with van der Waals surface area (Å²) in [7, 11) is 0. The molecule has 0 fully saturated rings. The minimum atomic E-state index is 0.726. The van der Waals surface area contributed by atoms with Gasteiger partial charge in [0.1, 0.15) is 0 Å². The molecule has 0 atom stereocenters. The van der Waals surface area contributed by atoms with Gasteiger partial charge < -0.3 is 4.74 Å². The Morgan fingerprint density at radius 3 is 2.57 bits per heavy atom. The van der Waals surface area contributed by atoms with Crippen molar-refractivity contribution in [1.29, 1.82) is 0 Å². The first-order valence-corrected chi connectivity index (χ1v) is 4.93. The number of rotatable bonds is 2. The van der Waals surface area contributed by atoms with Gasteiger partial charge in [-0.25, -0.2) is 0 Å². The molecule has 1 heterocycles. The molecule has 2 rings (SSSR count). The number of benzene rings is 1. The van der Waals surface area contributed by atoms with E-state index in [2.05, 4.69) is 18.2 Å². The molecule has 0 radical (unpaired) electrons. The van der Waals surface area contributed by atoms with E-state index in [4.69, 9.17) is 16.3 Å². The van der Waals surface area contributed by atoms with Crippen molar-refractivity contribution in [3.8, 4) is 0 Å². The fourth-order valence-electron chi connectivity index (χ4n) is 1.29. The van der Waals surface area contributed by atoms with Crippen LogP contribution in [-0.2, 0) is 4.74 Å². The molecule has 1 nitrogen and oxygen atoms in total. The lowest BCUT2D eigenvalue weighted by atomic mass is 10.2. The molecule has 1 aromatic rings. The molecule has 1 aliphatic heterocycles. The zero-order chi connectivity index (χ0) is 9.80. The van der Waals surface area contributed by atoms with Crippen LogP contribution in [0.15, 0.2) is 42.0 Å². The highest BCUT2D eigenvalue weighted by molar-refractivity contribution is 6.30. The van der Waals surface area contributed by atoms with E-state index in [0.29, 0.717) is 0 Å². The molecule has 0 unspecified atom stereocenters. The lowest BCUT2D eigenvalue weighted by Crippen LogP contribution is -1.83. The standard InChI is InChI=1S/C12H11ClO/c13-12-5-3-10(4-6-12)1-2-11-7-8-14-9-11/h1-7H,8-9H2. The van der Waals surface area contributed by atoms with Crippen molar-refractivity contribution in [3.63, 3.8) is 0 Å². The van der Waals surface area contributed by atoms with Crippen molar-refractivity contribution < 1.29 is 4.74 Å². The molecule has 0 aromatic heterocycles. The van der Waals surface area contributed by atoms with Gasteiger partial charge >= 0.3 is 0 Å². The molecular weight excluding hydrogens is 196 g/mol. The van der Waals surface area contributed by atoms with Gasteiger partial charge in [0.05, 0.1) is 13.2 Å². The fourth-order valence-corrected chi connectivity index (χ4v) is 1.42. The van der Waals surface area contributed by atoms with E-state index in [1.54, 1.807) is 0 Å². The minimum absolute atomic E-state index is 0.726. The Labute approximate surface area is 88.7 Å². The van der Waals surface area contributed by atoms with E-state index < -0.39 is 0 Å². The summed E-state index contributed by atoms with van der Waals surface area (Å²) in [5.74, 6) is 0. The zero-order valence-corrected chi connectivity index (χ0v) is 8.50. The normalized spacial score (nSPS) is 16.2. The molecule has 0 saturated heterocycles. The number of hydrogen-bond donors (Lipinski definition) is 0. The van der Waals surface area contributed by atoms with Crippen LogP contribution >= 0.6 is 11.6 Å². The van der Waals surface area contributed by atoms with Gasteiger partial charge in [0, 0.05) is 5.02 Å². The van der Waals surface area contributed by atoms with E-state index in [9.17, 15) is 0 Å². The van der Waals surface area contributed by atoms with Crippen LogP contribution in [0.1, 0.15) is 5.56 Å². The second-order valence-corrected chi connectivity index (χ2v) is 3.62. The molecule has 0 aliphatic carbocycles. The third kappa shape index (κ3) is 2.47. The van der Waals surface area contributed by atoms with Crippen LogP contribution in [0.4, 0.5) is 0 Å². The summed E-state index contributed by atoms with van der Waals surface area (Å²) < 4.78 is 5.20. The van der Waals surface area contributed by atoms with Crippen molar-refractivity contribution in [1.82, 2.24) is 0 Å². The van der Waals surface area contributed by atoms with E-state index >= 15 is 0 Å². The summed E-state index contributed by atoms with van der Waals surface area (Å²) in [5.41, 5.74) is 2.39. The summed E-state index contributed by atoms with van der Waals surface area (Å²) in [6.07, 6.45) is 6.24. The van der Waals surface area contributed by atoms with Crippen molar-refractivity contribution in [2.75, 3.05) is 13.2 Å². The number of halogens is 1. The molecule has 1 aliphatic rings. The first kappa shape index (κ1) is 9.50. The van der Waals surface area contributed by atoms with Gasteiger partial charge in [-0.05, 0) is 23.3 Å². The van der Waals surface area contributed by atoms with Crippen LogP contribution in [0.2, 0.25) is 5.02 Å². The average Bonchev–Trinajstić information content (AvgIpc) is 2.70. The van der Waals surface area contributed by atoms with Crippen LogP contribution < -0.4 is 0 Å². The molecule has 0 saturated carbocycles. The van der Waals surface area contributed by atoms with Crippen molar-refractivity contribution >= 4 is 17.7 Å². The third-order valence-electron chi connectivity index (χ3n) is 2.09. The monoisotopic (exact) mass is 206 g/mol. The Balaban J connectivity index is 2.06. The maximum atomic E-state index is 5.78. The Bertz CT molecular complexity index is 362. The second-order valence-electron chi connectivity index (χ2n) is 3.18. The summed E-state index contributed by atoms with van der Waals surface area (Å²) in [6, 6.07) is 7.77. The average molecular weight is 207 g/mol. The van der Waals surface area contributed by atoms with Gasteiger partial charge in [-0.3, -0.25) is 0 Å². The summed E-state index contributed by atoms with van der Waals surface area (Å²) in [4.78, 5) is 0. The predicted octanol–water partition coefficient (Wildman–Crippen LogP) is 3.31. The zero-order valence-electron chi connectivity index (χ0n) is 7.74. The molecule has 72 valence electrons. The summed E-state index contributed by atoms with van der Waals surface area (Å²) >= 11 is 5.78. The molecule has 0 N–H and O–H groups in total. The predicted molar refractivity (Wildman–Crippen MR) is 59.4 cm³/mol. The van der Waals surface area contributed by atoms with Gasteiger partial charge in [0.2, 0.25) is 0 Å². The summed E-state index contributed by atoms with van der Waals surface area (Å²) in [6.45, 7) is 1.46. The van der Waals surface area contributed by atoms with Crippen molar-refractivity contribution in [2.24, 2.45) is 0 Å². The quantitative estimate of drug-likeness (QED) is 0.722. The molecule has 0 spiro atoms. The van der Waals surface area contributed by atoms with E-state index in [-0.39, 0.29) is 0 Å². The highest BCUT2D eigenvalue weighted by atomic mass is 35.5. The largest absolute Gasteiger partial charge is 0.373 e. The topological polar surface area (TPSA) is 9.23 Å². The molecular formula is C12H11ClO. The maximum absolute atomic E-state index is 5.78. The van der Waals surface area contributed by atoms with Crippen LogP contribution in [0.5, 0.6) is 0 Å². The Hall–Kier alpha value is -1.05.